The Morgan fingerprint density at radius 1 is 0.788 bits per heavy atom. The highest BCUT2D eigenvalue weighted by Gasteiger charge is 2.09. The van der Waals surface area contributed by atoms with Gasteiger partial charge in [-0.1, -0.05) is 30.3 Å². The monoisotopic (exact) mass is 552 g/mol. The second-order valence-electron chi connectivity index (χ2n) is 6.65. The Labute approximate surface area is 202 Å². The third kappa shape index (κ3) is 6.43. The number of hydrazone groups is 1. The van der Waals surface area contributed by atoms with Crippen LogP contribution in [0.5, 0.6) is 0 Å². The lowest BCUT2D eigenvalue weighted by molar-refractivity contribution is -0.384. The fourth-order valence-electron chi connectivity index (χ4n) is 2.70. The average molecular weight is 552 g/mol. The van der Waals surface area contributed by atoms with Gasteiger partial charge in [-0.3, -0.25) is 10.1 Å². The van der Waals surface area contributed by atoms with Crippen molar-refractivity contribution in [2.45, 2.75) is 0 Å². The zero-order valence-electron chi connectivity index (χ0n) is 17.0. The van der Waals surface area contributed by atoms with Crippen LogP contribution in [0.4, 0.5) is 34.9 Å². The molecule has 0 atom stereocenters. The van der Waals surface area contributed by atoms with Gasteiger partial charge in [0, 0.05) is 27.1 Å². The summed E-state index contributed by atoms with van der Waals surface area (Å²) >= 11 is 2.24. The molecule has 1 aromatic heterocycles. The van der Waals surface area contributed by atoms with Gasteiger partial charge in [-0.2, -0.15) is 20.1 Å². The van der Waals surface area contributed by atoms with Gasteiger partial charge in [-0.15, -0.1) is 0 Å². The summed E-state index contributed by atoms with van der Waals surface area (Å²) in [5.41, 5.74) is 5.13. The summed E-state index contributed by atoms with van der Waals surface area (Å²) in [5, 5.41) is 21.2. The molecule has 11 heteroatoms. The van der Waals surface area contributed by atoms with Gasteiger partial charge < -0.3 is 10.6 Å². The number of nitrogens with one attached hydrogen (secondary N) is 3. The largest absolute Gasteiger partial charge is 0.324 e. The van der Waals surface area contributed by atoms with Crippen LogP contribution >= 0.6 is 22.6 Å². The van der Waals surface area contributed by atoms with E-state index < -0.39 is 4.92 Å². The van der Waals surface area contributed by atoms with Gasteiger partial charge in [0.1, 0.15) is 0 Å². The number of hydrogen-bond acceptors (Lipinski definition) is 9. The minimum absolute atomic E-state index is 0.00470. The number of aromatic nitrogens is 3. The molecule has 0 spiro atoms. The molecule has 3 N–H and O–H groups in total. The molecule has 4 rings (SSSR count). The molecule has 0 radical (unpaired) electrons. The second kappa shape index (κ2) is 10.5. The number of anilines is 5. The number of non-ortho nitro benzene ring substituents is 1. The van der Waals surface area contributed by atoms with Crippen LogP contribution in [0.25, 0.3) is 0 Å². The molecule has 3 aromatic carbocycles. The summed E-state index contributed by atoms with van der Waals surface area (Å²) in [6.45, 7) is 0. The molecule has 33 heavy (non-hydrogen) atoms. The Kier molecular flexibility index (Phi) is 6.99. The van der Waals surface area contributed by atoms with Crippen molar-refractivity contribution in [3.63, 3.8) is 0 Å². The van der Waals surface area contributed by atoms with E-state index in [9.17, 15) is 10.1 Å². The van der Waals surface area contributed by atoms with E-state index in [-0.39, 0.29) is 17.6 Å². The van der Waals surface area contributed by atoms with Gasteiger partial charge in [0.2, 0.25) is 17.8 Å². The maximum atomic E-state index is 10.9. The first kappa shape index (κ1) is 22.1. The topological polar surface area (TPSA) is 130 Å². The van der Waals surface area contributed by atoms with Crippen molar-refractivity contribution in [1.29, 1.82) is 0 Å². The fraction of sp³-hybridized carbons (Fsp3) is 0. The standard InChI is InChI=1S/C22H17IN8O2/c23-16-8-6-15(7-9-16)14-24-30-22-28-20(25-17-4-2-1-3-5-17)27-21(29-22)26-18-10-12-19(13-11-18)31(32)33/h1-14H,(H3,25,26,27,28,29,30)/b24-14-. The minimum atomic E-state index is -0.456. The average Bonchev–Trinajstić information content (AvgIpc) is 2.81. The summed E-state index contributed by atoms with van der Waals surface area (Å²) in [7, 11) is 0. The molecule has 0 aliphatic rings. The third-order valence-electron chi connectivity index (χ3n) is 4.25. The molecule has 0 fully saturated rings. The molecule has 1 heterocycles. The smallest absolute Gasteiger partial charge is 0.269 e. The van der Waals surface area contributed by atoms with Crippen molar-refractivity contribution in [2.75, 3.05) is 16.1 Å². The number of rotatable bonds is 8. The highest BCUT2D eigenvalue weighted by Crippen LogP contribution is 2.21. The zero-order chi connectivity index (χ0) is 23.0. The van der Waals surface area contributed by atoms with Gasteiger partial charge in [0.05, 0.1) is 11.1 Å². The van der Waals surface area contributed by atoms with Gasteiger partial charge in [0.25, 0.3) is 5.69 Å². The predicted molar refractivity (Wildman–Crippen MR) is 136 cm³/mol. The van der Waals surface area contributed by atoms with Crippen LogP contribution in [0.3, 0.4) is 0 Å². The lowest BCUT2D eigenvalue weighted by Gasteiger charge is -2.10. The molecule has 0 saturated heterocycles. The van der Waals surface area contributed by atoms with Crippen LogP contribution < -0.4 is 16.1 Å². The number of para-hydroxylation sites is 1. The Hall–Kier alpha value is -4.13. The van der Waals surface area contributed by atoms with E-state index in [1.807, 2.05) is 54.6 Å². The number of benzene rings is 3. The molecule has 0 bridgehead atoms. The Morgan fingerprint density at radius 3 is 1.97 bits per heavy atom. The normalized spacial score (nSPS) is 10.7. The van der Waals surface area contributed by atoms with Gasteiger partial charge in [-0.05, 0) is 64.6 Å². The highest BCUT2D eigenvalue weighted by atomic mass is 127. The minimum Gasteiger partial charge on any atom is -0.324 e. The molecule has 0 aliphatic heterocycles. The van der Waals surface area contributed by atoms with Gasteiger partial charge in [0.15, 0.2) is 0 Å². The molecular weight excluding hydrogens is 535 g/mol. The van der Waals surface area contributed by atoms with Crippen molar-refractivity contribution < 1.29 is 4.92 Å². The SMILES string of the molecule is O=[N+]([O-])c1ccc(Nc2nc(N/N=C\c3ccc(I)cc3)nc(Nc3ccccc3)n2)cc1. The molecule has 164 valence electrons. The number of nitro groups is 1. The van der Waals surface area contributed by atoms with E-state index >= 15 is 0 Å². The van der Waals surface area contributed by atoms with Crippen molar-refractivity contribution in [3.8, 4) is 0 Å². The first-order valence-electron chi connectivity index (χ1n) is 9.69. The van der Waals surface area contributed by atoms with E-state index in [0.29, 0.717) is 11.6 Å². The number of halogens is 1. The fourth-order valence-corrected chi connectivity index (χ4v) is 3.06. The lowest BCUT2D eigenvalue weighted by atomic mass is 10.2. The van der Waals surface area contributed by atoms with Crippen LogP contribution in [0.2, 0.25) is 0 Å². The first-order valence-corrected chi connectivity index (χ1v) is 10.8. The van der Waals surface area contributed by atoms with Gasteiger partial charge in [-0.25, -0.2) is 5.43 Å². The molecule has 0 unspecified atom stereocenters. The lowest BCUT2D eigenvalue weighted by Crippen LogP contribution is -2.07. The summed E-state index contributed by atoms with van der Waals surface area (Å²) in [4.78, 5) is 23.5. The second-order valence-corrected chi connectivity index (χ2v) is 7.89. The van der Waals surface area contributed by atoms with Crippen LogP contribution in [0.15, 0.2) is 84.0 Å². The summed E-state index contributed by atoms with van der Waals surface area (Å²) in [6.07, 6.45) is 1.66. The van der Waals surface area contributed by atoms with Crippen molar-refractivity contribution in [1.82, 2.24) is 15.0 Å². The van der Waals surface area contributed by atoms with E-state index in [2.05, 4.69) is 58.7 Å². The molecule has 4 aromatic rings. The molecule has 0 amide bonds. The van der Waals surface area contributed by atoms with E-state index in [1.165, 1.54) is 12.1 Å². The first-order chi connectivity index (χ1) is 16.0. The maximum Gasteiger partial charge on any atom is 0.269 e. The Morgan fingerprint density at radius 2 is 1.36 bits per heavy atom. The third-order valence-corrected chi connectivity index (χ3v) is 4.97. The van der Waals surface area contributed by atoms with Crippen LogP contribution in [-0.4, -0.2) is 26.1 Å². The Balaban J connectivity index is 1.56. The number of nitro benzene ring substituents is 1. The number of hydrogen-bond donors (Lipinski definition) is 3. The van der Waals surface area contributed by atoms with Crippen molar-refractivity contribution in [3.05, 3.63) is 98.1 Å². The maximum absolute atomic E-state index is 10.9. The van der Waals surface area contributed by atoms with Crippen LogP contribution in [0, 0.1) is 13.7 Å². The van der Waals surface area contributed by atoms with E-state index in [0.717, 1.165) is 14.8 Å². The number of nitrogens with zero attached hydrogens (tertiary/aromatic N) is 5. The summed E-state index contributed by atoms with van der Waals surface area (Å²) in [5.74, 6) is 0.756. The quantitative estimate of drug-likeness (QED) is 0.116. The zero-order valence-corrected chi connectivity index (χ0v) is 19.2. The molecule has 10 nitrogen and oxygen atoms in total. The van der Waals surface area contributed by atoms with E-state index in [4.69, 9.17) is 0 Å². The van der Waals surface area contributed by atoms with E-state index in [1.54, 1.807) is 18.3 Å². The molecule has 0 saturated carbocycles. The molecular formula is C22H17IN8O2. The predicted octanol–water partition coefficient (Wildman–Crippen LogP) is 5.32. The van der Waals surface area contributed by atoms with Gasteiger partial charge >= 0.3 is 0 Å². The highest BCUT2D eigenvalue weighted by molar-refractivity contribution is 14.1. The summed E-state index contributed by atoms with van der Waals surface area (Å²) in [6, 6.07) is 23.3. The van der Waals surface area contributed by atoms with Crippen LogP contribution in [-0.2, 0) is 0 Å². The van der Waals surface area contributed by atoms with Crippen molar-refractivity contribution in [2.24, 2.45) is 5.10 Å². The summed E-state index contributed by atoms with van der Waals surface area (Å²) < 4.78 is 1.13. The Bertz CT molecular complexity index is 1270. The van der Waals surface area contributed by atoms with Crippen molar-refractivity contribution >= 4 is 63.7 Å². The molecule has 0 aliphatic carbocycles. The van der Waals surface area contributed by atoms with Crippen LogP contribution in [0.1, 0.15) is 5.56 Å².